The molecule has 0 fully saturated rings. The van der Waals surface area contributed by atoms with Gasteiger partial charge in [0.2, 0.25) is 0 Å². The van der Waals surface area contributed by atoms with Gasteiger partial charge in [-0.3, -0.25) is 0 Å². The van der Waals surface area contributed by atoms with Crippen molar-refractivity contribution in [2.75, 3.05) is 7.05 Å². The minimum absolute atomic E-state index is 0.168. The smallest absolute Gasteiger partial charge is 0.349 e. The lowest BCUT2D eigenvalue weighted by molar-refractivity contribution is -0.131. The molecule has 0 aromatic rings. The van der Waals surface area contributed by atoms with Crippen molar-refractivity contribution in [2.45, 2.75) is 56.9 Å². The van der Waals surface area contributed by atoms with Crippen LogP contribution < -0.4 is 0 Å². The molecule has 0 saturated heterocycles. The van der Waals surface area contributed by atoms with Gasteiger partial charge in [-0.25, -0.2) is 0 Å². The number of nitrogens with zero attached hydrogens (tertiary/aromatic N) is 1. The summed E-state index contributed by atoms with van der Waals surface area (Å²) >= 11 is 0. The summed E-state index contributed by atoms with van der Waals surface area (Å²) in [5.74, 6) is 0. The molecule has 0 atom stereocenters. The van der Waals surface area contributed by atoms with Gasteiger partial charge in [0, 0.05) is 12.8 Å². The minimum atomic E-state index is -4.30. The van der Waals surface area contributed by atoms with Crippen LogP contribution in [0, 0.1) is 0 Å². The Balaban J connectivity index is 4.82. The lowest BCUT2D eigenvalue weighted by Gasteiger charge is -2.40. The van der Waals surface area contributed by atoms with Crippen LogP contribution in [0.25, 0.3) is 0 Å². The zero-order valence-corrected chi connectivity index (χ0v) is 13.5. The van der Waals surface area contributed by atoms with Gasteiger partial charge in [0.15, 0.2) is 0 Å². The van der Waals surface area contributed by atoms with Crippen LogP contribution in [0.5, 0.6) is 0 Å². The third-order valence-corrected chi connectivity index (χ3v) is 12.0. The summed E-state index contributed by atoms with van der Waals surface area (Å²) in [6.07, 6.45) is -10.6. The van der Waals surface area contributed by atoms with Crippen molar-refractivity contribution in [3.8, 4) is 0 Å². The van der Waals surface area contributed by atoms with E-state index in [1.807, 2.05) is 17.3 Å². The zero-order valence-electron chi connectivity index (χ0n) is 11.5. The second kappa shape index (κ2) is 6.62. The van der Waals surface area contributed by atoms with E-state index in [0.29, 0.717) is 0 Å². The number of halogens is 6. The molecule has 0 heterocycles. The largest absolute Gasteiger partial charge is 0.388 e. The minimum Gasteiger partial charge on any atom is -0.349 e. The fourth-order valence-corrected chi connectivity index (χ4v) is 9.38. The highest BCUT2D eigenvalue weighted by atomic mass is 28.4. The van der Waals surface area contributed by atoms with Crippen LogP contribution in [0.15, 0.2) is 0 Å². The Hall–Kier alpha value is -0.0262. The maximum absolute atomic E-state index is 12.3. The Labute approximate surface area is 112 Å². The van der Waals surface area contributed by atoms with E-state index in [0.717, 1.165) is 0 Å². The summed E-state index contributed by atoms with van der Waals surface area (Å²) in [5.41, 5.74) is 0. The molecule has 0 unspecified atom stereocenters. The Morgan fingerprint density at radius 1 is 0.895 bits per heavy atom. The zero-order chi connectivity index (χ0) is 15.5. The number of alkyl halides is 6. The summed E-state index contributed by atoms with van der Waals surface area (Å²) in [6, 6.07) is -0.335. The summed E-state index contributed by atoms with van der Waals surface area (Å²) in [5, 5.41) is 0. The molecule has 0 aromatic heterocycles. The highest BCUT2D eigenvalue weighted by Crippen LogP contribution is 2.34. The normalized spacial score (nSPS) is 14.5. The molecule has 9 heteroatoms. The van der Waals surface area contributed by atoms with Crippen LogP contribution in [-0.2, 0) is 0 Å². The van der Waals surface area contributed by atoms with E-state index in [2.05, 4.69) is 0 Å². The van der Waals surface area contributed by atoms with Crippen molar-refractivity contribution in [3.63, 3.8) is 0 Å². The molecule has 0 aromatic carbocycles. The van der Waals surface area contributed by atoms with Crippen LogP contribution in [-0.4, -0.2) is 40.8 Å². The summed E-state index contributed by atoms with van der Waals surface area (Å²) in [7, 11) is -2.07. The molecular formula is C10H20F6NSi2. The second-order valence-corrected chi connectivity index (χ2v) is 12.9. The van der Waals surface area contributed by atoms with Crippen LogP contribution in [0.2, 0.25) is 31.7 Å². The predicted molar refractivity (Wildman–Crippen MR) is 67.8 cm³/mol. The Bertz CT molecular complexity index is 258. The van der Waals surface area contributed by atoms with E-state index in [1.54, 1.807) is 13.6 Å². The Morgan fingerprint density at radius 3 is 1.42 bits per heavy atom. The van der Waals surface area contributed by atoms with Crippen molar-refractivity contribution < 1.29 is 26.3 Å². The summed E-state index contributed by atoms with van der Waals surface area (Å²) in [4.78, 5) is 0. The molecule has 0 spiro atoms. The van der Waals surface area contributed by atoms with Gasteiger partial charge >= 0.3 is 12.4 Å². The fraction of sp³-hybridized carbons (Fsp3) is 1.00. The van der Waals surface area contributed by atoms with Gasteiger partial charge in [-0.1, -0.05) is 19.6 Å². The number of hydrogen-bond acceptors (Lipinski definition) is 1. The van der Waals surface area contributed by atoms with Gasteiger partial charge < -0.3 is 4.23 Å². The lowest BCUT2D eigenvalue weighted by atomic mass is 10.5. The first-order valence-corrected chi connectivity index (χ1v) is 11.3. The number of hydrogen-bond donors (Lipinski definition) is 0. The highest BCUT2D eigenvalue weighted by Gasteiger charge is 2.41. The van der Waals surface area contributed by atoms with Crippen LogP contribution in [0.4, 0.5) is 26.3 Å². The first kappa shape index (κ1) is 19.0. The number of rotatable bonds is 6. The van der Waals surface area contributed by atoms with Crippen molar-refractivity contribution >= 4 is 17.2 Å². The molecule has 1 nitrogen and oxygen atoms in total. The van der Waals surface area contributed by atoms with Crippen molar-refractivity contribution in [1.82, 2.24) is 4.23 Å². The SMILES string of the molecule is CN([Si](C)C)[Si](C)(CCC(F)(F)F)CCC(F)(F)F. The molecule has 0 aliphatic rings. The molecule has 0 saturated carbocycles. The van der Waals surface area contributed by atoms with Gasteiger partial charge in [0.05, 0.1) is 0 Å². The summed E-state index contributed by atoms with van der Waals surface area (Å²) in [6.45, 7) is 5.40. The van der Waals surface area contributed by atoms with Crippen LogP contribution >= 0.6 is 0 Å². The van der Waals surface area contributed by atoms with Gasteiger partial charge in [-0.2, -0.15) is 26.3 Å². The van der Waals surface area contributed by atoms with Gasteiger partial charge in [-0.15, -0.1) is 0 Å². The molecule has 1 radical (unpaired) electrons. The standard InChI is InChI=1S/C10H20F6NSi2/c1-17(18(2)3)19(4,7-5-9(11,12)13)8-6-10(14,15)16/h5-8H2,1-4H3. The van der Waals surface area contributed by atoms with Gasteiger partial charge in [0.1, 0.15) is 17.2 Å². The Morgan fingerprint density at radius 2 is 1.21 bits per heavy atom. The Kier molecular flexibility index (Phi) is 6.61. The predicted octanol–water partition coefficient (Wildman–Crippen LogP) is 4.65. The molecule has 0 bridgehead atoms. The molecule has 0 amide bonds. The maximum atomic E-state index is 12.3. The molecule has 0 N–H and O–H groups in total. The monoisotopic (exact) mass is 324 g/mol. The maximum Gasteiger partial charge on any atom is 0.388 e. The van der Waals surface area contributed by atoms with E-state index in [-0.39, 0.29) is 12.1 Å². The van der Waals surface area contributed by atoms with Gasteiger partial charge in [-0.05, 0) is 19.1 Å². The quantitative estimate of drug-likeness (QED) is 0.508. The topological polar surface area (TPSA) is 3.24 Å². The van der Waals surface area contributed by atoms with E-state index >= 15 is 0 Å². The molecule has 0 rings (SSSR count). The highest BCUT2D eigenvalue weighted by molar-refractivity contribution is 6.84. The van der Waals surface area contributed by atoms with Crippen molar-refractivity contribution in [3.05, 3.63) is 0 Å². The van der Waals surface area contributed by atoms with E-state index < -0.39 is 42.4 Å². The first-order valence-electron chi connectivity index (χ1n) is 5.94. The first-order chi connectivity index (χ1) is 8.27. The van der Waals surface area contributed by atoms with Crippen molar-refractivity contribution in [2.24, 2.45) is 0 Å². The molecule has 19 heavy (non-hydrogen) atoms. The van der Waals surface area contributed by atoms with Crippen LogP contribution in [0.1, 0.15) is 12.8 Å². The van der Waals surface area contributed by atoms with E-state index in [9.17, 15) is 26.3 Å². The summed E-state index contributed by atoms with van der Waals surface area (Å²) < 4.78 is 75.7. The van der Waals surface area contributed by atoms with Crippen molar-refractivity contribution in [1.29, 1.82) is 0 Å². The third-order valence-electron chi connectivity index (χ3n) is 3.37. The average molecular weight is 324 g/mol. The molecule has 0 aliphatic carbocycles. The molecule has 115 valence electrons. The van der Waals surface area contributed by atoms with Crippen LogP contribution in [0.3, 0.4) is 0 Å². The fourth-order valence-electron chi connectivity index (χ4n) is 1.82. The van der Waals surface area contributed by atoms with Gasteiger partial charge in [0.25, 0.3) is 0 Å². The molecule has 0 aliphatic heterocycles. The second-order valence-electron chi connectivity index (χ2n) is 5.23. The van der Waals surface area contributed by atoms with E-state index in [4.69, 9.17) is 0 Å². The lowest BCUT2D eigenvalue weighted by Crippen LogP contribution is -2.54. The van der Waals surface area contributed by atoms with E-state index in [1.165, 1.54) is 0 Å². The average Bonchev–Trinajstić information content (AvgIpc) is 2.20. The molecular weight excluding hydrogens is 304 g/mol. The third kappa shape index (κ3) is 7.98.